The van der Waals surface area contributed by atoms with Gasteiger partial charge >= 0.3 is 0 Å². The number of terminal acetylenes is 1. The lowest BCUT2D eigenvalue weighted by Crippen LogP contribution is -2.45. The number of hydrogen-bond acceptors (Lipinski definition) is 4. The maximum atomic E-state index is 12.5. The summed E-state index contributed by atoms with van der Waals surface area (Å²) < 4.78 is 12.0. The minimum Gasteiger partial charge on any atom is -0.382 e. The predicted molar refractivity (Wildman–Crippen MR) is 82.4 cm³/mol. The summed E-state index contributed by atoms with van der Waals surface area (Å²) in [6.45, 7) is 2.07. The van der Waals surface area contributed by atoms with Crippen molar-refractivity contribution in [3.63, 3.8) is 0 Å². The van der Waals surface area contributed by atoms with Crippen molar-refractivity contribution in [1.82, 2.24) is 15.1 Å². The molecule has 0 bridgehead atoms. The Kier molecular flexibility index (Phi) is 5.99. The molecule has 0 radical (unpaired) electrons. The summed E-state index contributed by atoms with van der Waals surface area (Å²) in [6, 6.07) is 1.70. The van der Waals surface area contributed by atoms with Gasteiger partial charge < -0.3 is 14.8 Å². The topological polar surface area (TPSA) is 65.4 Å². The second kappa shape index (κ2) is 7.97. The van der Waals surface area contributed by atoms with E-state index in [1.165, 1.54) is 0 Å². The lowest BCUT2D eigenvalue weighted by Gasteiger charge is -2.24. The number of methoxy groups -OCH3 is 1. The second-order valence-electron chi connectivity index (χ2n) is 5.43. The molecule has 22 heavy (non-hydrogen) atoms. The van der Waals surface area contributed by atoms with Crippen molar-refractivity contribution in [3.05, 3.63) is 18.0 Å². The number of ether oxygens (including phenoxy) is 2. The molecule has 1 aliphatic carbocycles. The van der Waals surface area contributed by atoms with Crippen LogP contribution in [0.1, 0.15) is 36.2 Å². The summed E-state index contributed by atoms with van der Waals surface area (Å²) in [4.78, 5) is 12.5. The lowest BCUT2D eigenvalue weighted by molar-refractivity contribution is 0.0646. The van der Waals surface area contributed by atoms with Crippen molar-refractivity contribution in [1.29, 1.82) is 0 Å². The summed E-state index contributed by atoms with van der Waals surface area (Å²) in [6.07, 6.45) is 11.0. The van der Waals surface area contributed by atoms with Gasteiger partial charge in [0.15, 0.2) is 0 Å². The van der Waals surface area contributed by atoms with Crippen LogP contribution >= 0.6 is 0 Å². The fraction of sp³-hybridized carbons (Fsp3) is 0.625. The lowest BCUT2D eigenvalue weighted by atomic mass is 9.99. The summed E-state index contributed by atoms with van der Waals surface area (Å²) in [5, 5.41) is 7.17. The minimum atomic E-state index is -0.499. The third-order valence-corrected chi connectivity index (χ3v) is 3.91. The highest BCUT2D eigenvalue weighted by Gasteiger charge is 2.34. The molecule has 1 aromatic rings. The Morgan fingerprint density at radius 2 is 2.23 bits per heavy atom. The summed E-state index contributed by atoms with van der Waals surface area (Å²) in [7, 11) is 1.63. The predicted octanol–water partition coefficient (Wildman–Crippen LogP) is 1.22. The van der Waals surface area contributed by atoms with Crippen molar-refractivity contribution in [3.8, 4) is 12.3 Å². The molecule has 0 unspecified atom stereocenters. The molecule has 1 saturated carbocycles. The first-order valence-corrected chi connectivity index (χ1v) is 7.59. The van der Waals surface area contributed by atoms with Crippen molar-refractivity contribution in [2.24, 2.45) is 0 Å². The Morgan fingerprint density at radius 3 is 2.91 bits per heavy atom. The number of aromatic nitrogens is 2. The largest absolute Gasteiger partial charge is 0.382 e. The van der Waals surface area contributed by atoms with Gasteiger partial charge in [-0.05, 0) is 31.7 Å². The molecule has 120 valence electrons. The molecular formula is C16H23N3O3. The summed E-state index contributed by atoms with van der Waals surface area (Å²) >= 11 is 0. The monoisotopic (exact) mass is 305 g/mol. The van der Waals surface area contributed by atoms with E-state index < -0.39 is 5.54 Å². The summed E-state index contributed by atoms with van der Waals surface area (Å²) in [5.74, 6) is 2.58. The number of nitrogens with one attached hydrogen (secondary N) is 1. The number of hydrogen-bond donors (Lipinski definition) is 1. The van der Waals surface area contributed by atoms with Gasteiger partial charge in [-0.15, -0.1) is 6.42 Å². The van der Waals surface area contributed by atoms with E-state index in [0.717, 1.165) is 25.7 Å². The van der Waals surface area contributed by atoms with E-state index in [9.17, 15) is 4.79 Å². The molecule has 1 fully saturated rings. The third-order valence-electron chi connectivity index (χ3n) is 3.91. The molecule has 1 amide bonds. The average molecular weight is 305 g/mol. The van der Waals surface area contributed by atoms with Crippen LogP contribution in [0, 0.1) is 12.3 Å². The molecule has 0 aliphatic heterocycles. The Bertz CT molecular complexity index is 527. The molecule has 0 aromatic carbocycles. The van der Waals surface area contributed by atoms with Gasteiger partial charge in [0.2, 0.25) is 0 Å². The molecule has 6 heteroatoms. The first kappa shape index (κ1) is 16.5. The van der Waals surface area contributed by atoms with Crippen molar-refractivity contribution in [2.45, 2.75) is 37.8 Å². The van der Waals surface area contributed by atoms with Crippen molar-refractivity contribution < 1.29 is 14.3 Å². The van der Waals surface area contributed by atoms with Crippen LogP contribution in [0.4, 0.5) is 0 Å². The highest BCUT2D eigenvalue weighted by molar-refractivity contribution is 5.93. The molecule has 0 saturated heterocycles. The van der Waals surface area contributed by atoms with E-state index in [0.29, 0.717) is 32.1 Å². The number of rotatable bonds is 8. The molecule has 1 N–H and O–H groups in total. The highest BCUT2D eigenvalue weighted by atomic mass is 16.5. The third kappa shape index (κ3) is 4.09. The molecule has 0 atom stereocenters. The van der Waals surface area contributed by atoms with E-state index in [-0.39, 0.29) is 5.91 Å². The van der Waals surface area contributed by atoms with Gasteiger partial charge in [-0.2, -0.15) is 5.10 Å². The minimum absolute atomic E-state index is 0.172. The second-order valence-corrected chi connectivity index (χ2v) is 5.43. The van der Waals surface area contributed by atoms with Crippen molar-refractivity contribution in [2.75, 3.05) is 26.9 Å². The van der Waals surface area contributed by atoms with Crippen LogP contribution in [0.2, 0.25) is 0 Å². The number of carbonyl (C=O) groups excluding carboxylic acids is 1. The Hall–Kier alpha value is -1.84. The maximum Gasteiger partial charge on any atom is 0.270 e. The van der Waals surface area contributed by atoms with Crippen LogP contribution in [-0.2, 0) is 16.0 Å². The fourth-order valence-electron chi connectivity index (χ4n) is 2.66. The number of amides is 1. The standard InChI is InChI=1S/C16H23N3O3/c1-3-16(7-4-5-8-16)18-15(20)14-6-9-17-19(14)10-11-22-13-12-21-2/h1,6,9H,4-5,7-8,10-13H2,2H3,(H,18,20). The zero-order valence-electron chi connectivity index (χ0n) is 13.0. The van der Waals surface area contributed by atoms with Crippen LogP contribution in [0.25, 0.3) is 0 Å². The Labute approximate surface area is 131 Å². The fourth-order valence-corrected chi connectivity index (χ4v) is 2.66. The zero-order valence-corrected chi connectivity index (χ0v) is 13.0. The van der Waals surface area contributed by atoms with Gasteiger partial charge in [-0.25, -0.2) is 0 Å². The summed E-state index contributed by atoms with van der Waals surface area (Å²) in [5.41, 5.74) is 0.0121. The first-order valence-electron chi connectivity index (χ1n) is 7.59. The number of carbonyl (C=O) groups is 1. The van der Waals surface area contributed by atoms with E-state index >= 15 is 0 Å². The smallest absolute Gasteiger partial charge is 0.270 e. The Balaban J connectivity index is 1.91. The zero-order chi connectivity index (χ0) is 15.8. The van der Waals surface area contributed by atoms with Gasteiger partial charge in [0.05, 0.1) is 26.4 Å². The SMILES string of the molecule is C#CC1(NC(=O)c2ccnn2CCOCCOC)CCCC1. The van der Waals surface area contributed by atoms with Crippen molar-refractivity contribution >= 4 is 5.91 Å². The van der Waals surface area contributed by atoms with E-state index in [1.807, 2.05) is 0 Å². The molecule has 0 spiro atoms. The van der Waals surface area contributed by atoms with E-state index in [4.69, 9.17) is 15.9 Å². The average Bonchev–Trinajstić information content (AvgIpc) is 3.16. The van der Waals surface area contributed by atoms with Gasteiger partial charge in [-0.1, -0.05) is 5.92 Å². The molecule has 1 heterocycles. The van der Waals surface area contributed by atoms with Gasteiger partial charge in [0.1, 0.15) is 11.2 Å². The van der Waals surface area contributed by atoms with Gasteiger partial charge in [0, 0.05) is 13.3 Å². The molecular weight excluding hydrogens is 282 g/mol. The number of nitrogens with zero attached hydrogens (tertiary/aromatic N) is 2. The van der Waals surface area contributed by atoms with Crippen LogP contribution in [0.15, 0.2) is 12.3 Å². The molecule has 1 aromatic heterocycles. The highest BCUT2D eigenvalue weighted by Crippen LogP contribution is 2.29. The molecule has 6 nitrogen and oxygen atoms in total. The maximum absolute atomic E-state index is 12.5. The van der Waals surface area contributed by atoms with E-state index in [2.05, 4.69) is 16.3 Å². The molecule has 2 rings (SSSR count). The van der Waals surface area contributed by atoms with Gasteiger partial charge in [-0.3, -0.25) is 9.48 Å². The normalized spacial score (nSPS) is 16.4. The van der Waals surface area contributed by atoms with Crippen LogP contribution in [0.3, 0.4) is 0 Å². The van der Waals surface area contributed by atoms with Crippen LogP contribution < -0.4 is 5.32 Å². The van der Waals surface area contributed by atoms with E-state index in [1.54, 1.807) is 24.1 Å². The first-order chi connectivity index (χ1) is 10.7. The Morgan fingerprint density at radius 1 is 1.45 bits per heavy atom. The van der Waals surface area contributed by atoms with Crippen LogP contribution in [0.5, 0.6) is 0 Å². The quantitative estimate of drug-likeness (QED) is 0.579. The van der Waals surface area contributed by atoms with Crippen LogP contribution in [-0.4, -0.2) is 48.2 Å². The molecule has 1 aliphatic rings. The van der Waals surface area contributed by atoms with Gasteiger partial charge in [0.25, 0.3) is 5.91 Å².